The number of ether oxygens (including phenoxy) is 1. The Bertz CT molecular complexity index is 938. The largest absolute Gasteiger partial charge is 0.493 e. The Labute approximate surface area is 172 Å². The van der Waals surface area contributed by atoms with Crippen LogP contribution in [0.2, 0.25) is 0 Å². The number of carbonyl (C=O) groups is 1. The number of aliphatic imine (C=N–C) groups is 1. The van der Waals surface area contributed by atoms with Crippen molar-refractivity contribution >= 4 is 50.5 Å². The maximum absolute atomic E-state index is 12.4. The Kier molecular flexibility index (Phi) is 6.39. The summed E-state index contributed by atoms with van der Waals surface area (Å²) in [5.41, 5.74) is 3.99. The van der Waals surface area contributed by atoms with E-state index >= 15 is 0 Å². The van der Waals surface area contributed by atoms with Crippen LogP contribution in [0.25, 0.3) is 6.08 Å². The van der Waals surface area contributed by atoms with Gasteiger partial charge in [-0.2, -0.15) is 0 Å². The molecule has 1 saturated heterocycles. The molecular weight excluding hydrogens is 424 g/mol. The maximum Gasteiger partial charge on any atom is 0.264 e. The van der Waals surface area contributed by atoms with E-state index in [9.17, 15) is 4.79 Å². The quantitative estimate of drug-likeness (QED) is 0.597. The van der Waals surface area contributed by atoms with Gasteiger partial charge in [0.05, 0.1) is 17.2 Å². The smallest absolute Gasteiger partial charge is 0.264 e. The number of nitrogens with one attached hydrogen (secondary N) is 1. The molecule has 0 unspecified atom stereocenters. The Hall–Kier alpha value is -2.05. The third kappa shape index (κ3) is 5.02. The molecule has 0 aliphatic carbocycles. The minimum Gasteiger partial charge on any atom is -0.493 e. The van der Waals surface area contributed by atoms with Crippen LogP contribution >= 0.6 is 27.7 Å². The lowest BCUT2D eigenvalue weighted by molar-refractivity contribution is -0.115. The van der Waals surface area contributed by atoms with Gasteiger partial charge in [0, 0.05) is 10.0 Å². The highest BCUT2D eigenvalue weighted by molar-refractivity contribution is 9.10. The van der Waals surface area contributed by atoms with Crippen LogP contribution in [0.3, 0.4) is 0 Å². The van der Waals surface area contributed by atoms with Crippen molar-refractivity contribution in [2.75, 3.05) is 6.61 Å². The van der Waals surface area contributed by atoms with Crippen LogP contribution in [0.5, 0.6) is 5.75 Å². The van der Waals surface area contributed by atoms with E-state index in [0.29, 0.717) is 16.7 Å². The number of hydrogen-bond donors (Lipinski definition) is 1. The summed E-state index contributed by atoms with van der Waals surface area (Å²) in [4.78, 5) is 17.6. The summed E-state index contributed by atoms with van der Waals surface area (Å²) in [6.07, 6.45) is 2.77. The van der Waals surface area contributed by atoms with Gasteiger partial charge in [-0.1, -0.05) is 40.5 Å². The van der Waals surface area contributed by atoms with E-state index in [-0.39, 0.29) is 5.91 Å². The standard InChI is InChI=1S/C21H21BrN2O2S/c1-4-9-26-18-8-6-16(22)11-15(18)12-19-20(25)24-21(27-19)23-17-7-5-13(2)10-14(17)3/h5-8,10-12H,4,9H2,1-3H3,(H,23,24,25). The lowest BCUT2D eigenvalue weighted by Gasteiger charge is -2.09. The number of carbonyl (C=O) groups excluding carboxylic acids is 1. The van der Waals surface area contributed by atoms with Crippen LogP contribution in [-0.4, -0.2) is 17.7 Å². The number of benzene rings is 2. The summed E-state index contributed by atoms with van der Waals surface area (Å²) in [6.45, 7) is 6.76. The SMILES string of the molecule is CCCOc1ccc(Br)cc1C=C1SC(=Nc2ccc(C)cc2C)NC1=O. The molecule has 1 amide bonds. The topological polar surface area (TPSA) is 50.7 Å². The van der Waals surface area contributed by atoms with Crippen LogP contribution in [0.15, 0.2) is 50.8 Å². The van der Waals surface area contributed by atoms with Gasteiger partial charge in [0.1, 0.15) is 5.75 Å². The van der Waals surface area contributed by atoms with E-state index < -0.39 is 0 Å². The second-order valence-electron chi connectivity index (χ2n) is 6.30. The van der Waals surface area contributed by atoms with Gasteiger partial charge >= 0.3 is 0 Å². The molecule has 1 aliphatic heterocycles. The number of nitrogens with zero attached hydrogens (tertiary/aromatic N) is 1. The molecule has 0 aromatic heterocycles. The van der Waals surface area contributed by atoms with Gasteiger partial charge in [-0.25, -0.2) is 4.99 Å². The highest BCUT2D eigenvalue weighted by Gasteiger charge is 2.24. The molecule has 1 N–H and O–H groups in total. The van der Waals surface area contributed by atoms with E-state index in [1.807, 2.05) is 50.3 Å². The van der Waals surface area contributed by atoms with Gasteiger partial charge in [-0.3, -0.25) is 4.79 Å². The zero-order chi connectivity index (χ0) is 19.4. The van der Waals surface area contributed by atoms with Gasteiger partial charge in [-0.15, -0.1) is 0 Å². The summed E-state index contributed by atoms with van der Waals surface area (Å²) >= 11 is 4.82. The van der Waals surface area contributed by atoms with Crippen molar-refractivity contribution in [2.45, 2.75) is 27.2 Å². The van der Waals surface area contributed by atoms with Crippen LogP contribution in [0, 0.1) is 13.8 Å². The van der Waals surface area contributed by atoms with Crippen molar-refractivity contribution in [3.63, 3.8) is 0 Å². The molecule has 3 rings (SSSR count). The molecule has 0 radical (unpaired) electrons. The molecule has 140 valence electrons. The van der Waals surface area contributed by atoms with E-state index in [1.54, 1.807) is 0 Å². The maximum atomic E-state index is 12.4. The normalized spacial score (nSPS) is 16.8. The van der Waals surface area contributed by atoms with E-state index in [0.717, 1.165) is 33.5 Å². The zero-order valence-electron chi connectivity index (χ0n) is 15.5. The molecule has 0 bridgehead atoms. The third-order valence-corrected chi connectivity index (χ3v) is 5.35. The van der Waals surface area contributed by atoms with Crippen molar-refractivity contribution in [1.29, 1.82) is 0 Å². The first-order valence-electron chi connectivity index (χ1n) is 8.75. The number of aryl methyl sites for hydroxylation is 2. The van der Waals surface area contributed by atoms with Gasteiger partial charge in [0.2, 0.25) is 0 Å². The van der Waals surface area contributed by atoms with Gasteiger partial charge in [0.25, 0.3) is 5.91 Å². The van der Waals surface area contributed by atoms with Crippen LogP contribution in [-0.2, 0) is 4.79 Å². The summed E-state index contributed by atoms with van der Waals surface area (Å²) < 4.78 is 6.74. The molecule has 0 atom stereocenters. The van der Waals surface area contributed by atoms with Crippen molar-refractivity contribution in [3.8, 4) is 5.75 Å². The Morgan fingerprint density at radius 1 is 1.22 bits per heavy atom. The molecule has 0 spiro atoms. The molecule has 1 aliphatic rings. The number of amides is 1. The number of halogens is 1. The fraction of sp³-hybridized carbons (Fsp3) is 0.238. The monoisotopic (exact) mass is 444 g/mol. The number of rotatable bonds is 5. The molecule has 27 heavy (non-hydrogen) atoms. The lowest BCUT2D eigenvalue weighted by atomic mass is 10.1. The number of hydrogen-bond acceptors (Lipinski definition) is 4. The molecule has 2 aromatic rings. The highest BCUT2D eigenvalue weighted by Crippen LogP contribution is 2.32. The van der Waals surface area contributed by atoms with Gasteiger partial charge in [-0.05, 0) is 67.9 Å². The van der Waals surface area contributed by atoms with Crippen molar-refractivity contribution < 1.29 is 9.53 Å². The average Bonchev–Trinajstić information content (AvgIpc) is 2.96. The van der Waals surface area contributed by atoms with Crippen molar-refractivity contribution in [2.24, 2.45) is 4.99 Å². The molecular formula is C21H21BrN2O2S. The predicted molar refractivity (Wildman–Crippen MR) is 117 cm³/mol. The van der Waals surface area contributed by atoms with Gasteiger partial charge in [0.15, 0.2) is 5.17 Å². The zero-order valence-corrected chi connectivity index (χ0v) is 17.9. The minimum absolute atomic E-state index is 0.148. The third-order valence-electron chi connectivity index (χ3n) is 3.95. The summed E-state index contributed by atoms with van der Waals surface area (Å²) in [6, 6.07) is 11.9. The first-order valence-corrected chi connectivity index (χ1v) is 10.4. The molecule has 1 fully saturated rings. The van der Waals surface area contributed by atoms with Crippen molar-refractivity contribution in [1.82, 2.24) is 5.32 Å². The Balaban J connectivity index is 1.87. The summed E-state index contributed by atoms with van der Waals surface area (Å²) in [7, 11) is 0. The van der Waals surface area contributed by atoms with E-state index in [1.165, 1.54) is 17.3 Å². The fourth-order valence-electron chi connectivity index (χ4n) is 2.64. The molecule has 1 heterocycles. The van der Waals surface area contributed by atoms with Crippen LogP contribution in [0.4, 0.5) is 5.69 Å². The van der Waals surface area contributed by atoms with Crippen molar-refractivity contribution in [3.05, 3.63) is 62.5 Å². The Morgan fingerprint density at radius 2 is 2.04 bits per heavy atom. The molecule has 4 nitrogen and oxygen atoms in total. The average molecular weight is 445 g/mol. The molecule has 0 saturated carbocycles. The fourth-order valence-corrected chi connectivity index (χ4v) is 3.84. The lowest BCUT2D eigenvalue weighted by Crippen LogP contribution is -2.19. The highest BCUT2D eigenvalue weighted by atomic mass is 79.9. The first-order chi connectivity index (χ1) is 13.0. The molecule has 2 aromatic carbocycles. The van der Waals surface area contributed by atoms with E-state index in [4.69, 9.17) is 4.74 Å². The second-order valence-corrected chi connectivity index (χ2v) is 8.25. The Morgan fingerprint density at radius 3 is 2.78 bits per heavy atom. The van der Waals surface area contributed by atoms with E-state index in [2.05, 4.69) is 39.2 Å². The second kappa shape index (κ2) is 8.76. The molecule has 6 heteroatoms. The summed E-state index contributed by atoms with van der Waals surface area (Å²) in [5, 5.41) is 3.43. The number of thioether (sulfide) groups is 1. The first kappa shape index (κ1) is 19.7. The predicted octanol–water partition coefficient (Wildman–Crippen LogP) is 5.75. The number of amidine groups is 1. The van der Waals surface area contributed by atoms with Crippen LogP contribution < -0.4 is 10.1 Å². The van der Waals surface area contributed by atoms with Gasteiger partial charge < -0.3 is 10.1 Å². The summed E-state index contributed by atoms with van der Waals surface area (Å²) in [5.74, 6) is 0.616. The van der Waals surface area contributed by atoms with Crippen LogP contribution in [0.1, 0.15) is 30.0 Å². The minimum atomic E-state index is -0.148.